The first-order chi connectivity index (χ1) is 13.1. The molecule has 0 saturated carbocycles. The van der Waals surface area contributed by atoms with Gasteiger partial charge in [-0.1, -0.05) is 54.6 Å². The summed E-state index contributed by atoms with van der Waals surface area (Å²) < 4.78 is 5.91. The number of halogens is 1. The van der Waals surface area contributed by atoms with E-state index in [-0.39, 0.29) is 18.3 Å². The van der Waals surface area contributed by atoms with Crippen molar-refractivity contribution >= 4 is 23.9 Å². The maximum absolute atomic E-state index is 11.2. The Balaban J connectivity index is 0.00000280. The maximum Gasteiger partial charge on any atom is 0.307 e. The van der Waals surface area contributed by atoms with Gasteiger partial charge in [-0.25, -0.2) is 0 Å². The highest BCUT2D eigenvalue weighted by molar-refractivity contribution is 5.85. The van der Waals surface area contributed by atoms with Gasteiger partial charge in [0.1, 0.15) is 6.61 Å². The quantitative estimate of drug-likeness (QED) is 0.543. The van der Waals surface area contributed by atoms with Crippen molar-refractivity contribution in [1.82, 2.24) is 4.90 Å². The van der Waals surface area contributed by atoms with Crippen LogP contribution in [0.25, 0.3) is 5.57 Å². The minimum Gasteiger partial charge on any atom is -0.499 e. The van der Waals surface area contributed by atoms with Gasteiger partial charge in [0.2, 0.25) is 0 Å². The molecule has 1 aliphatic rings. The summed E-state index contributed by atoms with van der Waals surface area (Å²) in [6, 6.07) is 18.5. The molecular formula is C23H28ClNO3. The number of ether oxygens (including phenoxy) is 1. The predicted molar refractivity (Wildman–Crippen MR) is 115 cm³/mol. The van der Waals surface area contributed by atoms with Crippen LogP contribution >= 0.6 is 12.4 Å². The van der Waals surface area contributed by atoms with Crippen molar-refractivity contribution < 1.29 is 14.6 Å². The average Bonchev–Trinajstić information content (AvgIpc) is 2.70. The first-order valence-electron chi connectivity index (χ1n) is 9.53. The van der Waals surface area contributed by atoms with E-state index >= 15 is 0 Å². The monoisotopic (exact) mass is 401 g/mol. The summed E-state index contributed by atoms with van der Waals surface area (Å²) in [5.41, 5.74) is 4.55. The number of aliphatic carboxylic acids is 1. The van der Waals surface area contributed by atoms with Crippen LogP contribution in [0.1, 0.15) is 29.5 Å². The molecule has 2 aromatic rings. The first kappa shape index (κ1) is 22.0. The second-order valence-electron chi connectivity index (χ2n) is 7.06. The van der Waals surface area contributed by atoms with Crippen molar-refractivity contribution in [1.29, 1.82) is 0 Å². The Morgan fingerprint density at radius 1 is 1.18 bits per heavy atom. The number of carboxylic acid groups (broad SMARTS) is 1. The molecule has 3 rings (SSSR count). The molecule has 1 atom stereocenters. The number of nitrogens with zero attached hydrogens (tertiary/aromatic N) is 1. The largest absolute Gasteiger partial charge is 0.499 e. The zero-order valence-corrected chi connectivity index (χ0v) is 17.0. The molecule has 0 aromatic heterocycles. The lowest BCUT2D eigenvalue weighted by Gasteiger charge is -2.30. The van der Waals surface area contributed by atoms with Crippen LogP contribution in [0.2, 0.25) is 0 Å². The maximum atomic E-state index is 11.2. The molecule has 5 heteroatoms. The predicted octanol–water partition coefficient (Wildman–Crippen LogP) is 4.62. The van der Waals surface area contributed by atoms with Crippen LogP contribution in [0.4, 0.5) is 0 Å². The summed E-state index contributed by atoms with van der Waals surface area (Å²) in [5, 5.41) is 9.21. The number of hydrogen-bond donors (Lipinski definition) is 1. The van der Waals surface area contributed by atoms with E-state index < -0.39 is 5.97 Å². The summed E-state index contributed by atoms with van der Waals surface area (Å²) in [7, 11) is 0. The molecule has 1 N–H and O–H groups in total. The fourth-order valence-electron chi connectivity index (χ4n) is 3.56. The Labute approximate surface area is 173 Å². The van der Waals surface area contributed by atoms with Crippen molar-refractivity contribution in [3.05, 3.63) is 77.5 Å². The third-order valence-corrected chi connectivity index (χ3v) is 5.10. The Bertz CT molecular complexity index is 791. The number of aryl methyl sites for hydroxylation is 1. The van der Waals surface area contributed by atoms with Gasteiger partial charge in [-0.3, -0.25) is 9.69 Å². The molecule has 0 radical (unpaired) electrons. The zero-order valence-electron chi connectivity index (χ0n) is 16.2. The van der Waals surface area contributed by atoms with Gasteiger partial charge in [-0.15, -0.1) is 12.4 Å². The Hall–Kier alpha value is -2.30. The van der Waals surface area contributed by atoms with Crippen molar-refractivity contribution in [2.45, 2.75) is 19.8 Å². The van der Waals surface area contributed by atoms with Crippen molar-refractivity contribution in [2.75, 3.05) is 26.2 Å². The molecule has 1 fully saturated rings. The fourth-order valence-corrected chi connectivity index (χ4v) is 3.56. The van der Waals surface area contributed by atoms with Crippen molar-refractivity contribution in [3.8, 4) is 0 Å². The highest BCUT2D eigenvalue weighted by Gasteiger charge is 2.24. The van der Waals surface area contributed by atoms with E-state index in [4.69, 9.17) is 4.74 Å². The highest BCUT2D eigenvalue weighted by Crippen LogP contribution is 2.26. The van der Waals surface area contributed by atoms with Crippen LogP contribution in [0, 0.1) is 12.8 Å². The molecule has 150 valence electrons. The third kappa shape index (κ3) is 5.85. The van der Waals surface area contributed by atoms with E-state index in [1.165, 1.54) is 5.56 Å². The van der Waals surface area contributed by atoms with Gasteiger partial charge in [-0.2, -0.15) is 0 Å². The zero-order chi connectivity index (χ0) is 19.1. The van der Waals surface area contributed by atoms with E-state index in [2.05, 4.69) is 36.1 Å². The summed E-state index contributed by atoms with van der Waals surface area (Å²) in [6.07, 6.45) is 3.56. The molecule has 2 aromatic carbocycles. The Kier molecular flexibility index (Phi) is 8.55. The topological polar surface area (TPSA) is 49.8 Å². The van der Waals surface area contributed by atoms with Crippen LogP contribution in [-0.4, -0.2) is 42.2 Å². The van der Waals surface area contributed by atoms with Gasteiger partial charge in [0.25, 0.3) is 0 Å². The van der Waals surface area contributed by atoms with E-state index in [0.29, 0.717) is 13.2 Å². The summed E-state index contributed by atoms with van der Waals surface area (Å²) >= 11 is 0. The number of benzene rings is 2. The van der Waals surface area contributed by atoms with E-state index in [1.54, 1.807) is 0 Å². The SMILES string of the molecule is Cc1ccccc1/C(=C/OCCN1CCC[C@@H](C(=O)O)C1)c1ccccc1.Cl. The minimum atomic E-state index is -0.688. The lowest BCUT2D eigenvalue weighted by Crippen LogP contribution is -2.40. The van der Waals surface area contributed by atoms with E-state index in [0.717, 1.165) is 42.6 Å². The minimum absolute atomic E-state index is 0. The molecule has 1 aliphatic heterocycles. The lowest BCUT2D eigenvalue weighted by molar-refractivity contribution is -0.143. The number of rotatable bonds is 7. The summed E-state index contributed by atoms with van der Waals surface area (Å²) in [6.45, 7) is 4.96. The number of piperidine rings is 1. The molecule has 28 heavy (non-hydrogen) atoms. The van der Waals surface area contributed by atoms with Gasteiger partial charge < -0.3 is 9.84 Å². The fraction of sp³-hybridized carbons (Fsp3) is 0.348. The van der Waals surface area contributed by atoms with Crippen LogP contribution in [0.5, 0.6) is 0 Å². The molecule has 1 heterocycles. The van der Waals surface area contributed by atoms with E-state index in [9.17, 15) is 9.90 Å². The lowest BCUT2D eigenvalue weighted by atomic mass is 9.95. The molecule has 0 aliphatic carbocycles. The van der Waals surface area contributed by atoms with Gasteiger partial charge in [-0.05, 0) is 43.0 Å². The Morgan fingerprint density at radius 2 is 1.89 bits per heavy atom. The number of carbonyl (C=O) groups is 1. The molecule has 0 unspecified atom stereocenters. The van der Waals surface area contributed by atoms with Crippen LogP contribution < -0.4 is 0 Å². The number of hydrogen-bond acceptors (Lipinski definition) is 3. The van der Waals surface area contributed by atoms with Crippen molar-refractivity contribution in [2.24, 2.45) is 5.92 Å². The number of carboxylic acids is 1. The van der Waals surface area contributed by atoms with Crippen LogP contribution in [0.3, 0.4) is 0 Å². The summed E-state index contributed by atoms with van der Waals surface area (Å²) in [4.78, 5) is 13.4. The molecule has 4 nitrogen and oxygen atoms in total. The second kappa shape index (κ2) is 10.9. The standard InChI is InChI=1S/C23H27NO3.ClH/c1-18-8-5-6-12-21(18)22(19-9-3-2-4-10-19)17-27-15-14-24-13-7-11-20(16-24)23(25)26;/h2-6,8-10,12,17,20H,7,11,13-16H2,1H3,(H,25,26);1H/b22-17+;/t20-;/m1./s1. The van der Waals surface area contributed by atoms with Gasteiger partial charge in [0, 0.05) is 18.7 Å². The third-order valence-electron chi connectivity index (χ3n) is 5.10. The summed E-state index contributed by atoms with van der Waals surface area (Å²) in [5.74, 6) is -0.937. The Morgan fingerprint density at radius 3 is 2.61 bits per heavy atom. The molecule has 0 amide bonds. The molecule has 1 saturated heterocycles. The average molecular weight is 402 g/mol. The van der Waals surface area contributed by atoms with Gasteiger partial charge >= 0.3 is 5.97 Å². The van der Waals surface area contributed by atoms with E-state index in [1.807, 2.05) is 36.6 Å². The normalized spacial score (nSPS) is 17.6. The van der Waals surface area contributed by atoms with Crippen molar-refractivity contribution in [3.63, 3.8) is 0 Å². The van der Waals surface area contributed by atoms with Crippen LogP contribution in [0.15, 0.2) is 60.9 Å². The molecule has 0 spiro atoms. The van der Waals surface area contributed by atoms with Gasteiger partial charge in [0.15, 0.2) is 0 Å². The second-order valence-corrected chi connectivity index (χ2v) is 7.06. The smallest absolute Gasteiger partial charge is 0.307 e. The van der Waals surface area contributed by atoms with Crippen LogP contribution in [-0.2, 0) is 9.53 Å². The first-order valence-corrected chi connectivity index (χ1v) is 9.53. The van der Waals surface area contributed by atoms with Gasteiger partial charge in [0.05, 0.1) is 12.2 Å². The number of likely N-dealkylation sites (tertiary alicyclic amines) is 1. The molecule has 0 bridgehead atoms. The highest BCUT2D eigenvalue weighted by atomic mass is 35.5. The molecular weight excluding hydrogens is 374 g/mol.